The van der Waals surface area contributed by atoms with Crippen molar-refractivity contribution in [3.63, 3.8) is 0 Å². The number of aromatic nitrogens is 3. The Morgan fingerprint density at radius 2 is 1.38 bits per heavy atom. The number of para-hydroxylation sites is 1. The van der Waals surface area contributed by atoms with Gasteiger partial charge in [-0.3, -0.25) is 9.55 Å². The van der Waals surface area contributed by atoms with E-state index in [0.29, 0.717) is 17.0 Å². The first-order chi connectivity index (χ1) is 28.4. The molecule has 5 heteroatoms. The molecule has 8 aromatic rings. The van der Waals surface area contributed by atoms with Gasteiger partial charge in [-0.15, -0.1) is 29.3 Å². The number of hydrogen-bond acceptors (Lipinski definition) is 3. The zero-order valence-corrected chi connectivity index (χ0v) is 36.6. The van der Waals surface area contributed by atoms with Gasteiger partial charge in [0, 0.05) is 42.8 Å². The summed E-state index contributed by atoms with van der Waals surface area (Å²) in [6, 6.07) is 46.6. The van der Waals surface area contributed by atoms with Crippen molar-refractivity contribution < 1.29 is 30.3 Å². The van der Waals surface area contributed by atoms with Crippen LogP contribution in [-0.4, -0.2) is 19.6 Å². The number of fused-ring (bicyclic) bond motifs is 1. The fraction of sp³-hybridized carbons (Fsp3) is 0.208. The summed E-state index contributed by atoms with van der Waals surface area (Å²) in [5, 5.41) is 11.7. The van der Waals surface area contributed by atoms with E-state index in [1.807, 2.05) is 56.3 Å². The van der Waals surface area contributed by atoms with Gasteiger partial charge in [0.25, 0.3) is 0 Å². The van der Waals surface area contributed by atoms with Gasteiger partial charge in [-0.05, 0) is 101 Å². The second-order valence-electron chi connectivity index (χ2n) is 17.2. The summed E-state index contributed by atoms with van der Waals surface area (Å²) in [7, 11) is 0. The normalized spacial score (nSPS) is 12.8. The van der Waals surface area contributed by atoms with Crippen LogP contribution in [0.2, 0.25) is 0 Å². The Morgan fingerprint density at radius 3 is 2.09 bits per heavy atom. The van der Waals surface area contributed by atoms with Gasteiger partial charge in [0.1, 0.15) is 11.6 Å². The van der Waals surface area contributed by atoms with Gasteiger partial charge in [-0.2, -0.15) is 0 Å². The molecule has 6 aromatic carbocycles. The summed E-state index contributed by atoms with van der Waals surface area (Å²) in [4.78, 5) is 10.3. The molecule has 0 radical (unpaired) electrons. The van der Waals surface area contributed by atoms with E-state index >= 15 is 0 Å². The minimum Gasteiger partial charge on any atom is -0.507 e. The predicted molar refractivity (Wildman–Crippen MR) is 238 cm³/mol. The zero-order valence-electron chi connectivity index (χ0n) is 37.3. The molecule has 0 amide bonds. The summed E-state index contributed by atoms with van der Waals surface area (Å²) in [5.74, 6) is 0.860. The van der Waals surface area contributed by atoms with E-state index in [1.54, 1.807) is 18.3 Å². The van der Waals surface area contributed by atoms with Crippen LogP contribution in [0, 0.1) is 26.8 Å². The van der Waals surface area contributed by atoms with Crippen LogP contribution in [0.25, 0.3) is 72.7 Å². The quantitative estimate of drug-likeness (QED) is 0.169. The number of aromatic hydroxyl groups is 1. The van der Waals surface area contributed by atoms with E-state index in [0.717, 1.165) is 72.5 Å². The Balaban J connectivity index is 0.00000561. The van der Waals surface area contributed by atoms with Crippen LogP contribution < -0.4 is 0 Å². The molecule has 0 bridgehead atoms. The molecule has 4 nitrogen and oxygen atoms in total. The number of imidazole rings is 1. The van der Waals surface area contributed by atoms with Gasteiger partial charge in [-0.25, -0.2) is 4.98 Å². The number of aryl methyl sites for hydroxylation is 3. The van der Waals surface area contributed by atoms with E-state index in [1.165, 1.54) is 11.1 Å². The molecular weight excluding hydrogens is 890 g/mol. The van der Waals surface area contributed by atoms with Crippen LogP contribution in [0.4, 0.5) is 0 Å². The number of hydrogen-bond donors (Lipinski definition) is 1. The van der Waals surface area contributed by atoms with Gasteiger partial charge in [-0.1, -0.05) is 143 Å². The van der Waals surface area contributed by atoms with Crippen molar-refractivity contribution in [1.29, 1.82) is 0 Å². The molecule has 294 valence electrons. The van der Waals surface area contributed by atoms with Crippen LogP contribution in [0.1, 0.15) is 73.5 Å². The minimum atomic E-state index is -2.16. The molecule has 58 heavy (non-hydrogen) atoms. The van der Waals surface area contributed by atoms with Gasteiger partial charge in [0.2, 0.25) is 0 Å². The number of nitrogens with zero attached hydrogens (tertiary/aromatic N) is 3. The number of rotatable bonds is 6. The molecule has 0 atom stereocenters. The number of phenols is 1. The van der Waals surface area contributed by atoms with Crippen molar-refractivity contribution in [3.05, 3.63) is 167 Å². The van der Waals surface area contributed by atoms with E-state index < -0.39 is 6.85 Å². The molecule has 0 unspecified atom stereocenters. The van der Waals surface area contributed by atoms with E-state index in [-0.39, 0.29) is 37.6 Å². The third kappa shape index (κ3) is 7.83. The standard InChI is InChI=1S/C53H50N3O.Pt/c1-33-18-20-36(21-19-33)38-24-25-54-47(31-38)40-28-39(29-41(30-40)52(4,5)6)44-16-13-17-48-49(44)55-51(45-27-34(2)26-35(3)50(45)57)56(48)42-22-23-43(37-14-11-10-12-15-37)46(32-42)53(7,8)9;/h10-27,29-32,57H,1-9H3;/q-1;/i1D3;. The Kier molecular flexibility index (Phi) is 9.91. The summed E-state index contributed by atoms with van der Waals surface area (Å²) in [5.41, 5.74) is 15.0. The number of pyridine rings is 1. The fourth-order valence-corrected chi connectivity index (χ4v) is 7.76. The maximum Gasteiger partial charge on any atom is 0.148 e. The Labute approximate surface area is 362 Å². The second kappa shape index (κ2) is 15.6. The molecule has 0 saturated heterocycles. The first kappa shape index (κ1) is 36.7. The minimum absolute atomic E-state index is 0. The van der Waals surface area contributed by atoms with Crippen LogP contribution >= 0.6 is 0 Å². The van der Waals surface area contributed by atoms with E-state index in [9.17, 15) is 5.11 Å². The molecule has 0 spiro atoms. The first-order valence-electron chi connectivity index (χ1n) is 21.0. The summed E-state index contributed by atoms with van der Waals surface area (Å²) >= 11 is 0. The van der Waals surface area contributed by atoms with Gasteiger partial charge < -0.3 is 5.11 Å². The average molecular weight is 943 g/mol. The molecule has 2 heterocycles. The summed E-state index contributed by atoms with van der Waals surface area (Å²) < 4.78 is 25.6. The van der Waals surface area contributed by atoms with Crippen molar-refractivity contribution in [2.75, 3.05) is 0 Å². The van der Waals surface area contributed by atoms with Crippen LogP contribution in [0.15, 0.2) is 134 Å². The van der Waals surface area contributed by atoms with Crippen LogP contribution in [-0.2, 0) is 31.9 Å². The average Bonchev–Trinajstić information content (AvgIpc) is 3.61. The number of benzene rings is 6. The van der Waals surface area contributed by atoms with E-state index in [4.69, 9.17) is 14.1 Å². The summed E-state index contributed by atoms with van der Waals surface area (Å²) in [6.07, 6.45) is 1.79. The third-order valence-corrected chi connectivity index (χ3v) is 10.8. The van der Waals surface area contributed by atoms with Gasteiger partial charge >= 0.3 is 0 Å². The molecule has 1 N–H and O–H groups in total. The van der Waals surface area contributed by atoms with E-state index in [2.05, 4.69) is 125 Å². The maximum absolute atomic E-state index is 11.7. The van der Waals surface area contributed by atoms with Crippen LogP contribution in [0.5, 0.6) is 5.75 Å². The Hall–Kier alpha value is -5.57. The first-order valence-corrected chi connectivity index (χ1v) is 19.5. The monoisotopic (exact) mass is 942 g/mol. The molecule has 2 aromatic heterocycles. The molecule has 0 aliphatic heterocycles. The predicted octanol–water partition coefficient (Wildman–Crippen LogP) is 13.8. The maximum atomic E-state index is 11.7. The fourth-order valence-electron chi connectivity index (χ4n) is 7.76. The number of phenolic OH excluding ortho intramolecular Hbond substituents is 1. The third-order valence-electron chi connectivity index (χ3n) is 10.8. The SMILES string of the molecule is [2H]C([2H])([2H])c1ccc(-c2ccnc(-c3[c-]c(-c4cccc5c4nc(-c4cc(C)cc(C)c4O)n5-c4ccc(-c5ccccc5)c(C(C)(C)C)c4)cc(C(C)(C)C)c3)c2)cc1.[Pt]. The van der Waals surface area contributed by atoms with Crippen molar-refractivity contribution in [3.8, 4) is 67.5 Å². The van der Waals surface area contributed by atoms with Crippen molar-refractivity contribution in [1.82, 2.24) is 14.5 Å². The van der Waals surface area contributed by atoms with Gasteiger partial charge in [0.05, 0.1) is 16.6 Å². The second-order valence-corrected chi connectivity index (χ2v) is 17.2. The topological polar surface area (TPSA) is 50.9 Å². The Bertz CT molecular complexity index is 2900. The van der Waals surface area contributed by atoms with Crippen molar-refractivity contribution in [2.45, 2.75) is 73.1 Å². The summed E-state index contributed by atoms with van der Waals surface area (Å²) in [6.45, 7) is 15.2. The Morgan fingerprint density at radius 1 is 0.638 bits per heavy atom. The molecule has 8 rings (SSSR count). The largest absolute Gasteiger partial charge is 0.507 e. The zero-order chi connectivity index (χ0) is 42.7. The molecule has 0 fully saturated rings. The van der Waals surface area contributed by atoms with Gasteiger partial charge in [0.15, 0.2) is 0 Å². The molecule has 0 saturated carbocycles. The van der Waals surface area contributed by atoms with Crippen molar-refractivity contribution >= 4 is 11.0 Å². The smallest absolute Gasteiger partial charge is 0.148 e. The molecular formula is C53H50N3OPt-. The molecule has 0 aliphatic rings. The van der Waals surface area contributed by atoms with Crippen molar-refractivity contribution in [2.24, 2.45) is 0 Å². The molecule has 0 aliphatic carbocycles. The van der Waals surface area contributed by atoms with Crippen LogP contribution in [0.3, 0.4) is 0 Å².